The number of nitrogens with zero attached hydrogens (tertiary/aromatic N) is 2. The van der Waals surface area contributed by atoms with Crippen molar-refractivity contribution < 1.29 is 18.1 Å². The van der Waals surface area contributed by atoms with Gasteiger partial charge in [-0.25, -0.2) is 9.55 Å². The summed E-state index contributed by atoms with van der Waals surface area (Å²) >= 11 is 6.02. The maximum absolute atomic E-state index is 12.7. The minimum absolute atomic E-state index is 0.110. The average Bonchev–Trinajstić information content (AvgIpc) is 2.48. The first-order chi connectivity index (χ1) is 11.3. The molecule has 0 spiro atoms. The van der Waals surface area contributed by atoms with E-state index in [4.69, 9.17) is 25.2 Å². The van der Waals surface area contributed by atoms with E-state index in [1.54, 1.807) is 32.0 Å². The number of phosphoric acid groups is 1. The van der Waals surface area contributed by atoms with Gasteiger partial charge in [0.25, 0.3) is 5.88 Å². The third kappa shape index (κ3) is 3.98. The molecule has 0 aliphatic heterocycles. The number of phosphoric ester groups is 1. The highest BCUT2D eigenvalue weighted by Crippen LogP contribution is 2.48. The molecule has 2 rings (SSSR count). The lowest BCUT2D eigenvalue weighted by molar-refractivity contribution is 0.165. The van der Waals surface area contributed by atoms with E-state index in [1.165, 1.54) is 4.57 Å². The van der Waals surface area contributed by atoms with Gasteiger partial charge in [-0.3, -0.25) is 18.4 Å². The van der Waals surface area contributed by atoms with Crippen molar-refractivity contribution >= 4 is 30.5 Å². The highest BCUT2D eigenvalue weighted by atomic mass is 35.5. The molecule has 2 aromatic rings. The van der Waals surface area contributed by atoms with E-state index in [2.05, 4.69) is 4.98 Å². The number of hydrogen-bond donors (Lipinski definition) is 0. The van der Waals surface area contributed by atoms with Crippen LogP contribution >= 0.6 is 19.4 Å². The van der Waals surface area contributed by atoms with Gasteiger partial charge in [-0.2, -0.15) is 0 Å². The summed E-state index contributed by atoms with van der Waals surface area (Å²) in [7, 11) is -3.91. The molecular formula is C15H20ClN2O5P. The summed E-state index contributed by atoms with van der Waals surface area (Å²) in [6, 6.07) is 4.79. The van der Waals surface area contributed by atoms with Crippen LogP contribution in [0.5, 0.6) is 5.88 Å². The molecule has 0 atom stereocenters. The topological polar surface area (TPSA) is 79.7 Å². The van der Waals surface area contributed by atoms with Crippen molar-refractivity contribution in [1.82, 2.24) is 9.55 Å². The van der Waals surface area contributed by atoms with Crippen LogP contribution in [-0.2, 0) is 13.6 Å². The number of fused-ring (bicyclic) bond motifs is 1. The second-order valence-electron chi connectivity index (χ2n) is 5.19. The zero-order valence-corrected chi connectivity index (χ0v) is 15.6. The molecule has 0 saturated heterocycles. The second kappa shape index (κ2) is 7.66. The molecule has 0 N–H and O–H groups in total. The molecule has 0 aliphatic carbocycles. The number of rotatable bonds is 7. The van der Waals surface area contributed by atoms with Crippen molar-refractivity contribution in [3.05, 3.63) is 33.6 Å². The smallest absolute Gasteiger partial charge is 0.379 e. The molecular weight excluding hydrogens is 355 g/mol. The van der Waals surface area contributed by atoms with Gasteiger partial charge >= 0.3 is 13.4 Å². The Balaban J connectivity index is 2.63. The largest absolute Gasteiger partial charge is 0.531 e. The fourth-order valence-electron chi connectivity index (χ4n) is 2.24. The van der Waals surface area contributed by atoms with Gasteiger partial charge in [-0.15, -0.1) is 0 Å². The predicted molar refractivity (Wildman–Crippen MR) is 92.9 cm³/mol. The lowest BCUT2D eigenvalue weighted by Gasteiger charge is -2.19. The molecule has 0 radical (unpaired) electrons. The van der Waals surface area contributed by atoms with Gasteiger partial charge < -0.3 is 4.52 Å². The first-order valence-corrected chi connectivity index (χ1v) is 9.45. The van der Waals surface area contributed by atoms with E-state index >= 15 is 0 Å². The van der Waals surface area contributed by atoms with Gasteiger partial charge in [0.1, 0.15) is 0 Å². The first-order valence-electron chi connectivity index (χ1n) is 7.61. The number of aromatic nitrogens is 2. The molecule has 0 saturated carbocycles. The van der Waals surface area contributed by atoms with E-state index in [0.29, 0.717) is 16.1 Å². The minimum Gasteiger partial charge on any atom is -0.379 e. The highest BCUT2D eigenvalue weighted by Gasteiger charge is 2.30. The van der Waals surface area contributed by atoms with Crippen LogP contribution < -0.4 is 10.1 Å². The minimum atomic E-state index is -3.91. The number of halogens is 1. The molecule has 1 heterocycles. The summed E-state index contributed by atoms with van der Waals surface area (Å²) < 4.78 is 29.4. The highest BCUT2D eigenvalue weighted by molar-refractivity contribution is 7.48. The number of benzene rings is 1. The van der Waals surface area contributed by atoms with Crippen molar-refractivity contribution in [3.8, 4) is 5.88 Å². The quantitative estimate of drug-likeness (QED) is 0.676. The summed E-state index contributed by atoms with van der Waals surface area (Å²) in [4.78, 5) is 16.9. The molecule has 0 amide bonds. The first kappa shape index (κ1) is 18.9. The van der Waals surface area contributed by atoms with Crippen molar-refractivity contribution in [2.45, 2.75) is 33.7 Å². The molecule has 24 heavy (non-hydrogen) atoms. The molecule has 9 heteroatoms. The summed E-state index contributed by atoms with van der Waals surface area (Å²) in [6.07, 6.45) is 0. The van der Waals surface area contributed by atoms with E-state index in [0.717, 1.165) is 0 Å². The molecule has 0 aliphatic rings. The van der Waals surface area contributed by atoms with Crippen LogP contribution in [0.4, 0.5) is 0 Å². The van der Waals surface area contributed by atoms with Gasteiger partial charge in [0.05, 0.1) is 24.2 Å². The summed E-state index contributed by atoms with van der Waals surface area (Å²) in [6.45, 7) is 7.21. The van der Waals surface area contributed by atoms with Crippen molar-refractivity contribution in [1.29, 1.82) is 0 Å². The van der Waals surface area contributed by atoms with Gasteiger partial charge in [0, 0.05) is 11.1 Å². The van der Waals surface area contributed by atoms with Crippen molar-refractivity contribution in [2.24, 2.45) is 0 Å². The lowest BCUT2D eigenvalue weighted by atomic mass is 10.2. The summed E-state index contributed by atoms with van der Waals surface area (Å²) in [5.41, 5.74) is 0.527. The Morgan fingerprint density at radius 1 is 1.25 bits per heavy atom. The average molecular weight is 375 g/mol. The fourth-order valence-corrected chi connectivity index (χ4v) is 3.55. The van der Waals surface area contributed by atoms with E-state index in [-0.39, 0.29) is 25.1 Å². The summed E-state index contributed by atoms with van der Waals surface area (Å²) in [5, 5.41) is 0.487. The SMILES string of the molecule is CCOP(=O)(OCC)Oc1nc2ccc(Cl)cc2n(C(C)C)c1=O. The van der Waals surface area contributed by atoms with Crippen LogP contribution in [0.3, 0.4) is 0 Å². The standard InChI is InChI=1S/C15H20ClN2O5P/c1-5-21-24(20,22-6-2)23-14-15(19)18(10(3)4)13-9-11(16)7-8-12(13)17-14/h7-10H,5-6H2,1-4H3. The van der Waals surface area contributed by atoms with Crippen molar-refractivity contribution in [3.63, 3.8) is 0 Å². The monoisotopic (exact) mass is 374 g/mol. The molecule has 1 aromatic heterocycles. The van der Waals surface area contributed by atoms with Gasteiger partial charge in [0.15, 0.2) is 0 Å². The number of hydrogen-bond acceptors (Lipinski definition) is 6. The van der Waals surface area contributed by atoms with Crippen LogP contribution in [0, 0.1) is 0 Å². The third-order valence-electron chi connectivity index (χ3n) is 3.11. The Kier molecular flexibility index (Phi) is 6.04. The van der Waals surface area contributed by atoms with E-state index < -0.39 is 13.4 Å². The van der Waals surface area contributed by atoms with Gasteiger partial charge in [-0.05, 0) is 45.9 Å². The zero-order chi connectivity index (χ0) is 17.9. The maximum atomic E-state index is 12.7. The van der Waals surface area contributed by atoms with Crippen molar-refractivity contribution in [2.75, 3.05) is 13.2 Å². The van der Waals surface area contributed by atoms with E-state index in [1.807, 2.05) is 13.8 Å². The maximum Gasteiger partial charge on any atom is 0.531 e. The molecule has 132 valence electrons. The zero-order valence-electron chi connectivity index (χ0n) is 14.0. The Morgan fingerprint density at radius 2 is 1.88 bits per heavy atom. The fraction of sp³-hybridized carbons (Fsp3) is 0.467. The van der Waals surface area contributed by atoms with Crippen LogP contribution in [0.15, 0.2) is 23.0 Å². The molecule has 7 nitrogen and oxygen atoms in total. The molecule has 0 unspecified atom stereocenters. The van der Waals surface area contributed by atoms with Gasteiger partial charge in [0.2, 0.25) is 0 Å². The van der Waals surface area contributed by atoms with E-state index in [9.17, 15) is 9.36 Å². The second-order valence-corrected chi connectivity index (χ2v) is 7.22. The van der Waals surface area contributed by atoms with Crippen LogP contribution in [0.25, 0.3) is 11.0 Å². The Hall–Kier alpha value is -1.40. The Labute approximate surface area is 145 Å². The van der Waals surface area contributed by atoms with Gasteiger partial charge in [-0.1, -0.05) is 11.6 Å². The Morgan fingerprint density at radius 3 is 2.42 bits per heavy atom. The Bertz CT molecular complexity index is 826. The lowest BCUT2D eigenvalue weighted by Crippen LogP contribution is -2.25. The molecule has 1 aromatic carbocycles. The molecule has 0 fully saturated rings. The van der Waals surface area contributed by atoms with Crippen LogP contribution in [0.1, 0.15) is 33.7 Å². The third-order valence-corrected chi connectivity index (χ3v) is 4.89. The normalized spacial score (nSPS) is 12.1. The molecule has 0 bridgehead atoms. The van der Waals surface area contributed by atoms with Crippen LogP contribution in [0.2, 0.25) is 5.02 Å². The summed E-state index contributed by atoms with van der Waals surface area (Å²) in [5.74, 6) is -0.330. The predicted octanol–water partition coefficient (Wildman–Crippen LogP) is 4.19. The van der Waals surface area contributed by atoms with Crippen LogP contribution in [-0.4, -0.2) is 22.8 Å².